The van der Waals surface area contributed by atoms with Gasteiger partial charge in [0.05, 0.1) is 23.5 Å². The van der Waals surface area contributed by atoms with Crippen LogP contribution in [0.4, 0.5) is 0 Å². The number of carbonyl (C=O) groups excluding carboxylic acids is 1. The van der Waals surface area contributed by atoms with Crippen LogP contribution in [0.1, 0.15) is 10.4 Å². The van der Waals surface area contributed by atoms with E-state index in [4.69, 9.17) is 0 Å². The summed E-state index contributed by atoms with van der Waals surface area (Å²) in [6.45, 7) is 1.88. The molecule has 1 heterocycles. The van der Waals surface area contributed by atoms with E-state index < -0.39 is 19.9 Å². The van der Waals surface area contributed by atoms with Gasteiger partial charge in [-0.15, -0.1) is 0 Å². The maximum Gasteiger partial charge on any atom is 0.262 e. The minimum absolute atomic E-state index is 0.0135. The Hall–Kier alpha value is -1.53. The van der Waals surface area contributed by atoms with Crippen molar-refractivity contribution in [2.24, 2.45) is 0 Å². The number of carbonyl (C=O) groups is 1. The Bertz CT molecular complexity index is 791. The average molecular weight is 391 g/mol. The lowest BCUT2D eigenvalue weighted by atomic mass is 10.2. The Labute approximate surface area is 147 Å². The number of nitrogens with one attached hydrogen (secondary N) is 2. The summed E-state index contributed by atoms with van der Waals surface area (Å²) in [6, 6.07) is 5.44. The van der Waals surface area contributed by atoms with Crippen molar-refractivity contribution in [3.8, 4) is 0 Å². The van der Waals surface area contributed by atoms with E-state index in [9.17, 15) is 21.6 Å². The second-order valence-electron chi connectivity index (χ2n) is 5.56. The number of nitrogens with zero attached hydrogens (tertiary/aromatic N) is 1. The molecule has 9 nitrogen and oxygen atoms in total. The Balaban J connectivity index is 1.83. The smallest absolute Gasteiger partial charge is 0.262 e. The van der Waals surface area contributed by atoms with Crippen LogP contribution in [0.25, 0.3) is 0 Å². The van der Waals surface area contributed by atoms with Crippen molar-refractivity contribution in [3.63, 3.8) is 0 Å². The first-order chi connectivity index (χ1) is 11.7. The molecule has 1 amide bonds. The van der Waals surface area contributed by atoms with Gasteiger partial charge in [0.2, 0.25) is 0 Å². The molecule has 0 saturated carbocycles. The highest BCUT2D eigenvalue weighted by atomic mass is 32.2. The first-order valence-electron chi connectivity index (χ1n) is 7.59. The van der Waals surface area contributed by atoms with E-state index >= 15 is 0 Å². The SMILES string of the molecule is CONS(=O)(=O)c1ccc(C(=O)NCCN2CCS(=O)(=O)CC2)cc1. The molecule has 25 heavy (non-hydrogen) atoms. The first kappa shape index (κ1) is 19.8. The van der Waals surface area contributed by atoms with Gasteiger partial charge in [-0.2, -0.15) is 0 Å². The number of sulfone groups is 1. The highest BCUT2D eigenvalue weighted by Crippen LogP contribution is 2.10. The van der Waals surface area contributed by atoms with Crippen LogP contribution in [-0.4, -0.2) is 72.4 Å². The third-order valence-electron chi connectivity index (χ3n) is 3.77. The molecule has 1 saturated heterocycles. The van der Waals surface area contributed by atoms with Gasteiger partial charge in [-0.1, -0.05) is 4.89 Å². The van der Waals surface area contributed by atoms with E-state index in [1.807, 2.05) is 9.79 Å². The summed E-state index contributed by atoms with van der Waals surface area (Å²) < 4.78 is 46.1. The van der Waals surface area contributed by atoms with Crippen LogP contribution in [0.15, 0.2) is 29.2 Å². The summed E-state index contributed by atoms with van der Waals surface area (Å²) >= 11 is 0. The quantitative estimate of drug-likeness (QED) is 0.571. The van der Waals surface area contributed by atoms with Crippen molar-refractivity contribution in [1.82, 2.24) is 15.1 Å². The minimum atomic E-state index is -3.75. The molecule has 1 fully saturated rings. The topological polar surface area (TPSA) is 122 Å². The van der Waals surface area contributed by atoms with Crippen molar-refractivity contribution >= 4 is 25.8 Å². The van der Waals surface area contributed by atoms with Crippen LogP contribution >= 0.6 is 0 Å². The number of amides is 1. The lowest BCUT2D eigenvalue weighted by Gasteiger charge is -2.26. The average Bonchev–Trinajstić information content (AvgIpc) is 2.56. The van der Waals surface area contributed by atoms with Crippen LogP contribution < -0.4 is 10.2 Å². The molecule has 0 aromatic heterocycles. The van der Waals surface area contributed by atoms with Gasteiger partial charge in [-0.05, 0) is 24.3 Å². The minimum Gasteiger partial charge on any atom is -0.351 e. The van der Waals surface area contributed by atoms with E-state index in [1.165, 1.54) is 31.4 Å². The molecule has 0 bridgehead atoms. The highest BCUT2D eigenvalue weighted by Gasteiger charge is 2.21. The van der Waals surface area contributed by atoms with Crippen molar-refractivity contribution in [1.29, 1.82) is 0 Å². The van der Waals surface area contributed by atoms with Gasteiger partial charge in [0.15, 0.2) is 9.84 Å². The summed E-state index contributed by atoms with van der Waals surface area (Å²) in [6.07, 6.45) is 0. The van der Waals surface area contributed by atoms with E-state index in [0.29, 0.717) is 31.7 Å². The highest BCUT2D eigenvalue weighted by molar-refractivity contribution is 7.91. The van der Waals surface area contributed by atoms with E-state index in [-0.39, 0.29) is 22.3 Å². The number of benzene rings is 1. The zero-order chi connectivity index (χ0) is 18.5. The van der Waals surface area contributed by atoms with Gasteiger partial charge in [-0.25, -0.2) is 16.8 Å². The third-order valence-corrected chi connectivity index (χ3v) is 6.66. The van der Waals surface area contributed by atoms with Crippen molar-refractivity contribution in [2.45, 2.75) is 4.90 Å². The molecule has 140 valence electrons. The Morgan fingerprint density at radius 1 is 1.20 bits per heavy atom. The Morgan fingerprint density at radius 3 is 2.36 bits per heavy atom. The van der Waals surface area contributed by atoms with Crippen LogP contribution in [0.5, 0.6) is 0 Å². The van der Waals surface area contributed by atoms with Gasteiger partial charge in [0.25, 0.3) is 15.9 Å². The summed E-state index contributed by atoms with van der Waals surface area (Å²) in [5.41, 5.74) is 0.331. The molecule has 2 N–H and O–H groups in total. The lowest BCUT2D eigenvalue weighted by Crippen LogP contribution is -2.43. The normalized spacial score (nSPS) is 18.0. The molecular formula is C14H21N3O6S2. The second-order valence-corrected chi connectivity index (χ2v) is 9.51. The zero-order valence-corrected chi connectivity index (χ0v) is 15.4. The molecular weight excluding hydrogens is 370 g/mol. The fourth-order valence-corrected chi connectivity index (χ4v) is 4.43. The second kappa shape index (κ2) is 8.23. The molecule has 1 aliphatic heterocycles. The summed E-state index contributed by atoms with van der Waals surface area (Å²) in [4.78, 5) is 20.3. The summed E-state index contributed by atoms with van der Waals surface area (Å²) in [5.74, 6) is -0.0352. The molecule has 2 rings (SSSR count). The van der Waals surface area contributed by atoms with Gasteiger partial charge in [0, 0.05) is 31.7 Å². The van der Waals surface area contributed by atoms with Crippen LogP contribution in [0.3, 0.4) is 0 Å². The predicted octanol–water partition coefficient (Wildman–Crippen LogP) is -1.01. The molecule has 1 aromatic rings. The molecule has 11 heteroatoms. The van der Waals surface area contributed by atoms with E-state index in [1.54, 1.807) is 0 Å². The molecule has 1 aromatic carbocycles. The van der Waals surface area contributed by atoms with Crippen molar-refractivity contribution in [2.75, 3.05) is 44.8 Å². The van der Waals surface area contributed by atoms with E-state index in [2.05, 4.69) is 10.2 Å². The monoisotopic (exact) mass is 391 g/mol. The summed E-state index contributed by atoms with van der Waals surface area (Å²) in [5, 5.41) is 2.73. The maximum atomic E-state index is 12.1. The molecule has 0 atom stereocenters. The van der Waals surface area contributed by atoms with Crippen LogP contribution in [0, 0.1) is 0 Å². The molecule has 0 radical (unpaired) electrons. The predicted molar refractivity (Wildman–Crippen MR) is 91.2 cm³/mol. The third kappa shape index (κ3) is 5.75. The standard InChI is InChI=1S/C14H21N3O6S2/c1-23-16-25(21,22)13-4-2-12(3-5-13)14(18)15-6-7-17-8-10-24(19,20)11-9-17/h2-5,16H,6-11H2,1H3,(H,15,18). The zero-order valence-electron chi connectivity index (χ0n) is 13.8. The van der Waals surface area contributed by atoms with Gasteiger partial charge < -0.3 is 5.32 Å². The van der Waals surface area contributed by atoms with E-state index in [0.717, 1.165) is 0 Å². The maximum absolute atomic E-state index is 12.1. The largest absolute Gasteiger partial charge is 0.351 e. The molecule has 0 unspecified atom stereocenters. The van der Waals surface area contributed by atoms with Gasteiger partial charge >= 0.3 is 0 Å². The molecule has 0 aliphatic carbocycles. The molecule has 0 spiro atoms. The molecule has 1 aliphatic rings. The number of hydrogen-bond donors (Lipinski definition) is 2. The summed E-state index contributed by atoms with van der Waals surface area (Å²) in [7, 11) is -5.47. The van der Waals surface area contributed by atoms with Crippen LogP contribution in [0.2, 0.25) is 0 Å². The van der Waals surface area contributed by atoms with Crippen molar-refractivity contribution in [3.05, 3.63) is 29.8 Å². The first-order valence-corrected chi connectivity index (χ1v) is 10.9. The van der Waals surface area contributed by atoms with Gasteiger partial charge in [-0.3, -0.25) is 14.5 Å². The Kier molecular flexibility index (Phi) is 6.52. The van der Waals surface area contributed by atoms with Gasteiger partial charge in [0.1, 0.15) is 0 Å². The lowest BCUT2D eigenvalue weighted by molar-refractivity contribution is 0.0948. The van der Waals surface area contributed by atoms with Crippen LogP contribution in [-0.2, 0) is 24.7 Å². The number of hydrogen-bond acceptors (Lipinski definition) is 7. The number of sulfonamides is 1. The Morgan fingerprint density at radius 2 is 1.80 bits per heavy atom. The number of rotatable bonds is 7. The van der Waals surface area contributed by atoms with Crippen molar-refractivity contribution < 1.29 is 26.5 Å². The fourth-order valence-electron chi connectivity index (χ4n) is 2.35. The fraction of sp³-hybridized carbons (Fsp3) is 0.500.